The Morgan fingerprint density at radius 2 is 1.04 bits per heavy atom. The summed E-state index contributed by atoms with van der Waals surface area (Å²) in [4.78, 5) is 22.0. The molecule has 0 amide bonds. The van der Waals surface area contributed by atoms with Crippen molar-refractivity contribution in [1.82, 2.24) is 0 Å². The number of allylic oxidation sites excluding steroid dienone is 4. The number of rotatable bonds is 16. The topological polar surface area (TPSA) is 119 Å². The van der Waals surface area contributed by atoms with Crippen LogP contribution in [0.15, 0.2) is 47.6 Å². The summed E-state index contributed by atoms with van der Waals surface area (Å²) in [5, 5.41) is 41.8. The molecule has 6 aliphatic carbocycles. The number of unbranched alkanes of at least 4 members (excludes halogenated alkanes) is 2. The molecule has 296 valence electrons. The van der Waals surface area contributed by atoms with Crippen molar-refractivity contribution in [2.75, 3.05) is 13.2 Å². The molecule has 2 aromatic carbocycles. The van der Waals surface area contributed by atoms with E-state index in [-0.39, 0.29) is 89.3 Å². The van der Waals surface area contributed by atoms with Crippen LogP contribution in [0.3, 0.4) is 0 Å². The van der Waals surface area contributed by atoms with Crippen molar-refractivity contribution in [2.24, 2.45) is 34.5 Å². The summed E-state index contributed by atoms with van der Waals surface area (Å²) < 4.78 is 63.0. The predicted molar refractivity (Wildman–Crippen MR) is 194 cm³/mol. The van der Waals surface area contributed by atoms with Gasteiger partial charge in [0.15, 0.2) is 13.2 Å². The number of halogens is 4. The standard InChI is InChI=1S/C42H53F4NO7/c1-23-15-27(31-21-29(23)39(31,3)4)37-33(17-25(48)19-35(37)50)41(43,44)11-7-9-13-53-47(52)54-14-10-8-12-42(45,46)34-18-26(49)20-36(51)38(34)28-16-24(2)30-22-32(28)40(30,5)6/h15-20,27-32H,7-14,21-22H2,1-6H3,(H3-,48,49,50,51)/p+1/t27-,28-,29+,30+,31+,32+/m1/s1. The van der Waals surface area contributed by atoms with Gasteiger partial charge in [-0.1, -0.05) is 51.0 Å². The highest BCUT2D eigenvalue weighted by Crippen LogP contribution is 2.66. The zero-order valence-electron chi connectivity index (χ0n) is 32.0. The SMILES string of the molecule is CC1=C[C@@H](c2c(O)cc(O)cc2C(F)(F)CCCCO[N+](=O)OCCCCC(F)(F)c2cc(O)cc(O)c2[C@@H]2C=C(C)[C@@H]3C[C@@H]2C3(C)C)[C@@H]2C[C@@H]1C2(C)C. The third kappa shape index (κ3) is 7.14. The van der Waals surface area contributed by atoms with E-state index in [0.717, 1.165) is 48.3 Å². The van der Waals surface area contributed by atoms with Crippen molar-refractivity contribution in [2.45, 2.75) is 117 Å². The molecular formula is C42H54F4NO7+. The molecule has 4 N–H and O–H groups in total. The van der Waals surface area contributed by atoms with Crippen LogP contribution < -0.4 is 0 Å². The summed E-state index contributed by atoms with van der Waals surface area (Å²) >= 11 is 0. The third-order valence-corrected chi connectivity index (χ3v) is 13.4. The van der Waals surface area contributed by atoms with Crippen LogP contribution in [0.2, 0.25) is 0 Å². The van der Waals surface area contributed by atoms with Gasteiger partial charge in [0.1, 0.15) is 27.9 Å². The van der Waals surface area contributed by atoms with Crippen LogP contribution >= 0.6 is 0 Å². The van der Waals surface area contributed by atoms with Gasteiger partial charge in [-0.05, 0) is 99.0 Å². The first-order valence-electron chi connectivity index (χ1n) is 19.1. The molecule has 0 aliphatic heterocycles. The minimum atomic E-state index is -3.38. The number of phenols is 4. The van der Waals surface area contributed by atoms with Crippen molar-refractivity contribution in [3.63, 3.8) is 0 Å². The van der Waals surface area contributed by atoms with Crippen LogP contribution in [0.4, 0.5) is 17.6 Å². The van der Waals surface area contributed by atoms with Gasteiger partial charge < -0.3 is 20.4 Å². The quantitative estimate of drug-likeness (QED) is 0.0582. The first kappa shape index (κ1) is 39.7. The second kappa shape index (κ2) is 14.3. The molecule has 2 saturated carbocycles. The molecule has 8 rings (SSSR count). The van der Waals surface area contributed by atoms with Gasteiger partial charge >= 0.3 is 5.09 Å². The minimum absolute atomic E-state index is 0.0378. The Balaban J connectivity index is 0.964. The molecule has 0 spiro atoms. The number of benzene rings is 2. The molecule has 12 heteroatoms. The second-order valence-corrected chi connectivity index (χ2v) is 17.4. The highest BCUT2D eigenvalue weighted by molar-refractivity contribution is 5.54. The molecule has 54 heavy (non-hydrogen) atoms. The Kier molecular flexibility index (Phi) is 10.5. The van der Waals surface area contributed by atoms with E-state index in [1.807, 2.05) is 26.0 Å². The lowest BCUT2D eigenvalue weighted by Crippen LogP contribution is -2.51. The van der Waals surface area contributed by atoms with Crippen LogP contribution in [0.5, 0.6) is 23.0 Å². The van der Waals surface area contributed by atoms with Crippen molar-refractivity contribution in [3.05, 3.63) is 74.7 Å². The average Bonchev–Trinajstić information content (AvgIpc) is 3.06. The highest BCUT2D eigenvalue weighted by atomic mass is 19.3. The van der Waals surface area contributed by atoms with Crippen LogP contribution in [-0.4, -0.2) is 38.7 Å². The molecular weight excluding hydrogens is 706 g/mol. The fourth-order valence-corrected chi connectivity index (χ4v) is 10.3. The predicted octanol–water partition coefficient (Wildman–Crippen LogP) is 10.8. The lowest BCUT2D eigenvalue weighted by atomic mass is 9.45. The highest BCUT2D eigenvalue weighted by Gasteiger charge is 2.57. The lowest BCUT2D eigenvalue weighted by molar-refractivity contribution is -0.981. The van der Waals surface area contributed by atoms with Gasteiger partial charge in [-0.2, -0.15) is 9.68 Å². The maximum Gasteiger partial charge on any atom is 0.477 e. The van der Waals surface area contributed by atoms with Crippen LogP contribution in [0.25, 0.3) is 0 Å². The monoisotopic (exact) mass is 760 g/mol. The number of phenolic OH excluding ortho intramolecular Hbond substituents is 4. The number of nitrogens with zero attached hydrogens (tertiary/aromatic N) is 1. The fraction of sp³-hybridized carbons (Fsp3) is 0.619. The zero-order chi connectivity index (χ0) is 39.5. The molecule has 0 saturated heterocycles. The van der Waals surface area contributed by atoms with Crippen molar-refractivity contribution < 1.29 is 52.7 Å². The molecule has 2 aromatic rings. The van der Waals surface area contributed by atoms with Crippen LogP contribution in [-0.2, 0) is 21.5 Å². The van der Waals surface area contributed by atoms with E-state index >= 15 is 17.6 Å². The Bertz CT molecular complexity index is 1710. The number of fused-ring (bicyclic) bond motifs is 2. The largest absolute Gasteiger partial charge is 0.508 e. The average molecular weight is 761 g/mol. The first-order chi connectivity index (χ1) is 25.2. The fourth-order valence-electron chi connectivity index (χ4n) is 10.3. The Labute approximate surface area is 314 Å². The van der Waals surface area contributed by atoms with Gasteiger partial charge in [0.25, 0.3) is 11.8 Å². The van der Waals surface area contributed by atoms with E-state index in [9.17, 15) is 25.3 Å². The molecule has 0 heterocycles. The van der Waals surface area contributed by atoms with Gasteiger partial charge in [0.05, 0.1) is 0 Å². The first-order valence-corrected chi connectivity index (χ1v) is 19.1. The van der Waals surface area contributed by atoms with Gasteiger partial charge in [-0.3, -0.25) is 0 Å². The Hall–Kier alpha value is -3.96. The lowest BCUT2D eigenvalue weighted by Gasteiger charge is -2.59. The van der Waals surface area contributed by atoms with Gasteiger partial charge in [0.2, 0.25) is 0 Å². The third-order valence-electron chi connectivity index (χ3n) is 13.4. The summed E-state index contributed by atoms with van der Waals surface area (Å²) in [5.74, 6) is -8.28. The smallest absolute Gasteiger partial charge is 0.477 e. The molecule has 0 unspecified atom stereocenters. The van der Waals surface area contributed by atoms with Crippen molar-refractivity contribution >= 4 is 0 Å². The van der Waals surface area contributed by atoms with E-state index in [1.165, 1.54) is 0 Å². The molecule has 0 aromatic heterocycles. The van der Waals surface area contributed by atoms with Gasteiger partial charge in [-0.25, -0.2) is 17.6 Å². The van der Waals surface area contributed by atoms with Crippen molar-refractivity contribution in [1.29, 1.82) is 0 Å². The van der Waals surface area contributed by atoms with E-state index in [1.54, 1.807) is 0 Å². The Morgan fingerprint density at radius 1 is 0.667 bits per heavy atom. The maximum atomic E-state index is 15.7. The summed E-state index contributed by atoms with van der Waals surface area (Å²) in [6.07, 6.45) is 4.50. The van der Waals surface area contributed by atoms with Gasteiger partial charge in [0, 0.05) is 59.1 Å². The van der Waals surface area contributed by atoms with Crippen LogP contribution in [0, 0.1) is 39.4 Å². The van der Waals surface area contributed by atoms with Crippen LogP contribution in [0.1, 0.15) is 127 Å². The minimum Gasteiger partial charge on any atom is -0.508 e. The van der Waals surface area contributed by atoms with E-state index in [4.69, 9.17) is 9.68 Å². The Morgan fingerprint density at radius 3 is 1.37 bits per heavy atom. The molecule has 0 radical (unpaired) electrons. The molecule has 4 bridgehead atoms. The normalized spacial score (nSPS) is 26.6. The molecule has 6 aliphatic rings. The molecule has 8 nitrogen and oxygen atoms in total. The number of aromatic hydroxyl groups is 4. The maximum absolute atomic E-state index is 15.7. The summed E-state index contributed by atoms with van der Waals surface area (Å²) in [5.41, 5.74) is 1.49. The summed E-state index contributed by atoms with van der Waals surface area (Å²) in [6.45, 7) is 12.0. The molecule has 6 atom stereocenters. The zero-order valence-corrected chi connectivity index (χ0v) is 32.0. The number of alkyl halides is 4. The number of hydrogen-bond acceptors (Lipinski definition) is 7. The summed E-state index contributed by atoms with van der Waals surface area (Å²) in [6, 6.07) is 4.26. The number of hydrogen-bond donors (Lipinski definition) is 4. The summed E-state index contributed by atoms with van der Waals surface area (Å²) in [7, 11) is 0. The second-order valence-electron chi connectivity index (χ2n) is 17.4. The van der Waals surface area contributed by atoms with Crippen molar-refractivity contribution in [3.8, 4) is 23.0 Å². The van der Waals surface area contributed by atoms with E-state index in [0.29, 0.717) is 11.8 Å². The molecule has 2 fully saturated rings. The van der Waals surface area contributed by atoms with Gasteiger partial charge in [-0.15, -0.1) is 0 Å². The van der Waals surface area contributed by atoms with E-state index in [2.05, 4.69) is 27.7 Å². The van der Waals surface area contributed by atoms with E-state index < -0.39 is 59.1 Å².